The molecule has 0 aliphatic carbocycles. The Morgan fingerprint density at radius 3 is 2.62 bits per heavy atom. The topological polar surface area (TPSA) is 38.3 Å². The van der Waals surface area contributed by atoms with Crippen molar-refractivity contribution in [2.24, 2.45) is 0 Å². The number of nitrogens with one attached hydrogen (secondary N) is 1. The van der Waals surface area contributed by atoms with Gasteiger partial charge in [-0.3, -0.25) is 4.79 Å². The van der Waals surface area contributed by atoms with E-state index in [1.807, 2.05) is 6.92 Å². The molecule has 0 bridgehead atoms. The molecule has 4 heteroatoms. The third-order valence-corrected chi connectivity index (χ3v) is 2.23. The summed E-state index contributed by atoms with van der Waals surface area (Å²) in [5, 5.41) is 3.01. The zero-order valence-electron chi connectivity index (χ0n) is 9.50. The van der Waals surface area contributed by atoms with Gasteiger partial charge in [-0.25, -0.2) is 4.39 Å². The Kier molecular flexibility index (Phi) is 4.92. The smallest absolute Gasteiger partial charge is 0.319 e. The first-order chi connectivity index (χ1) is 7.63. The number of rotatable bonds is 5. The number of carbonyl (C=O) groups excluding carboxylic acids is 1. The maximum Gasteiger partial charge on any atom is 0.319 e. The van der Waals surface area contributed by atoms with E-state index in [-0.39, 0.29) is 24.4 Å². The lowest BCUT2D eigenvalue weighted by Gasteiger charge is -2.13. The van der Waals surface area contributed by atoms with E-state index >= 15 is 0 Å². The molecule has 0 heterocycles. The zero-order chi connectivity index (χ0) is 12.0. The molecular formula is C12H16FNO2. The molecule has 1 aromatic carbocycles. The number of hydrogen-bond donors (Lipinski definition) is 1. The molecule has 3 nitrogen and oxygen atoms in total. The van der Waals surface area contributed by atoms with Crippen LogP contribution in [0.3, 0.4) is 0 Å². The predicted octanol–water partition coefficient (Wildman–Crippen LogP) is 2.04. The van der Waals surface area contributed by atoms with Gasteiger partial charge in [0.05, 0.1) is 13.2 Å². The minimum Gasteiger partial charge on any atom is -0.465 e. The summed E-state index contributed by atoms with van der Waals surface area (Å²) in [5.41, 5.74) is 0.936. The first kappa shape index (κ1) is 12.6. The normalized spacial score (nSPS) is 12.2. The van der Waals surface area contributed by atoms with Crippen molar-refractivity contribution in [3.8, 4) is 0 Å². The fourth-order valence-corrected chi connectivity index (χ4v) is 1.32. The van der Waals surface area contributed by atoms with Crippen LogP contribution < -0.4 is 5.32 Å². The van der Waals surface area contributed by atoms with Crippen molar-refractivity contribution in [3.63, 3.8) is 0 Å². The summed E-state index contributed by atoms with van der Waals surface area (Å²) in [6.45, 7) is 4.21. The van der Waals surface area contributed by atoms with Crippen molar-refractivity contribution >= 4 is 5.97 Å². The molecule has 88 valence electrons. The van der Waals surface area contributed by atoms with Gasteiger partial charge in [0.2, 0.25) is 0 Å². The van der Waals surface area contributed by atoms with Crippen LogP contribution in [0.15, 0.2) is 24.3 Å². The fourth-order valence-electron chi connectivity index (χ4n) is 1.32. The zero-order valence-corrected chi connectivity index (χ0v) is 9.50. The molecule has 0 aliphatic rings. The largest absolute Gasteiger partial charge is 0.465 e. The Bertz CT molecular complexity index is 337. The first-order valence-corrected chi connectivity index (χ1v) is 5.28. The average Bonchev–Trinajstić information content (AvgIpc) is 2.27. The van der Waals surface area contributed by atoms with Crippen LogP contribution in [0.1, 0.15) is 25.5 Å². The van der Waals surface area contributed by atoms with Crippen LogP contribution >= 0.6 is 0 Å². The summed E-state index contributed by atoms with van der Waals surface area (Å²) in [6, 6.07) is 6.18. The molecule has 1 aromatic rings. The van der Waals surface area contributed by atoms with E-state index in [0.29, 0.717) is 6.61 Å². The lowest BCUT2D eigenvalue weighted by atomic mass is 10.1. The summed E-state index contributed by atoms with van der Waals surface area (Å²) in [6.07, 6.45) is 0. The van der Waals surface area contributed by atoms with Gasteiger partial charge in [-0.15, -0.1) is 0 Å². The van der Waals surface area contributed by atoms with Gasteiger partial charge in [0.25, 0.3) is 0 Å². The third-order valence-electron chi connectivity index (χ3n) is 2.23. The number of ether oxygens (including phenoxy) is 1. The van der Waals surface area contributed by atoms with Gasteiger partial charge in [0, 0.05) is 6.04 Å². The highest BCUT2D eigenvalue weighted by molar-refractivity contribution is 5.71. The Hall–Kier alpha value is -1.42. The SMILES string of the molecule is CCOC(=O)CN[C@H](C)c1ccc(F)cc1. The molecule has 1 N–H and O–H groups in total. The van der Waals surface area contributed by atoms with E-state index in [1.165, 1.54) is 12.1 Å². The van der Waals surface area contributed by atoms with Crippen LogP contribution in [-0.4, -0.2) is 19.1 Å². The number of benzene rings is 1. The van der Waals surface area contributed by atoms with Crippen molar-refractivity contribution in [3.05, 3.63) is 35.6 Å². The van der Waals surface area contributed by atoms with E-state index < -0.39 is 0 Å². The quantitative estimate of drug-likeness (QED) is 0.779. The van der Waals surface area contributed by atoms with Crippen LogP contribution in [0.5, 0.6) is 0 Å². The summed E-state index contributed by atoms with van der Waals surface area (Å²) in [5.74, 6) is -0.544. The highest BCUT2D eigenvalue weighted by Crippen LogP contribution is 2.12. The van der Waals surface area contributed by atoms with E-state index in [2.05, 4.69) is 5.32 Å². The van der Waals surface area contributed by atoms with E-state index in [0.717, 1.165) is 5.56 Å². The maximum atomic E-state index is 12.7. The monoisotopic (exact) mass is 225 g/mol. The summed E-state index contributed by atoms with van der Waals surface area (Å²) in [7, 11) is 0. The number of hydrogen-bond acceptors (Lipinski definition) is 3. The number of carbonyl (C=O) groups is 1. The second kappa shape index (κ2) is 6.23. The average molecular weight is 225 g/mol. The Labute approximate surface area is 94.6 Å². The van der Waals surface area contributed by atoms with E-state index in [9.17, 15) is 9.18 Å². The van der Waals surface area contributed by atoms with Crippen molar-refractivity contribution in [1.29, 1.82) is 0 Å². The first-order valence-electron chi connectivity index (χ1n) is 5.28. The second-order valence-electron chi connectivity index (χ2n) is 3.46. The van der Waals surface area contributed by atoms with Gasteiger partial charge < -0.3 is 10.1 Å². The molecule has 0 aromatic heterocycles. The van der Waals surface area contributed by atoms with Crippen molar-refractivity contribution in [2.45, 2.75) is 19.9 Å². The molecule has 0 saturated heterocycles. The van der Waals surface area contributed by atoms with Gasteiger partial charge in [-0.1, -0.05) is 12.1 Å². The Balaban J connectivity index is 2.43. The van der Waals surface area contributed by atoms with Crippen molar-refractivity contribution < 1.29 is 13.9 Å². The summed E-state index contributed by atoms with van der Waals surface area (Å²) >= 11 is 0. The molecule has 0 radical (unpaired) electrons. The molecule has 1 atom stereocenters. The minimum atomic E-state index is -0.281. The molecule has 0 amide bonds. The summed E-state index contributed by atoms with van der Waals surface area (Å²) < 4.78 is 17.5. The number of esters is 1. The highest BCUT2D eigenvalue weighted by atomic mass is 19.1. The van der Waals surface area contributed by atoms with Crippen LogP contribution in [0, 0.1) is 5.82 Å². The fraction of sp³-hybridized carbons (Fsp3) is 0.417. The van der Waals surface area contributed by atoms with Gasteiger partial charge in [-0.2, -0.15) is 0 Å². The Morgan fingerprint density at radius 2 is 2.06 bits per heavy atom. The van der Waals surface area contributed by atoms with Gasteiger partial charge >= 0.3 is 5.97 Å². The van der Waals surface area contributed by atoms with Crippen LogP contribution in [0.25, 0.3) is 0 Å². The van der Waals surface area contributed by atoms with Crippen LogP contribution in [0.2, 0.25) is 0 Å². The maximum absolute atomic E-state index is 12.7. The van der Waals surface area contributed by atoms with Crippen molar-refractivity contribution in [1.82, 2.24) is 5.32 Å². The molecule has 16 heavy (non-hydrogen) atoms. The minimum absolute atomic E-state index is 0.00925. The van der Waals surface area contributed by atoms with Gasteiger partial charge in [-0.05, 0) is 31.5 Å². The molecule has 0 spiro atoms. The van der Waals surface area contributed by atoms with Gasteiger partial charge in [0.1, 0.15) is 5.82 Å². The molecule has 0 saturated carbocycles. The Morgan fingerprint density at radius 1 is 1.44 bits per heavy atom. The predicted molar refractivity (Wildman–Crippen MR) is 59.5 cm³/mol. The molecule has 0 unspecified atom stereocenters. The van der Waals surface area contributed by atoms with E-state index in [4.69, 9.17) is 4.74 Å². The lowest BCUT2D eigenvalue weighted by Crippen LogP contribution is -2.27. The molecular weight excluding hydrogens is 209 g/mol. The molecule has 0 aliphatic heterocycles. The second-order valence-corrected chi connectivity index (χ2v) is 3.46. The highest BCUT2D eigenvalue weighted by Gasteiger charge is 2.07. The van der Waals surface area contributed by atoms with E-state index in [1.54, 1.807) is 19.1 Å². The standard InChI is InChI=1S/C12H16FNO2/c1-3-16-12(15)8-14-9(2)10-4-6-11(13)7-5-10/h4-7,9,14H,3,8H2,1-2H3/t9-/m1/s1. The summed E-state index contributed by atoms with van der Waals surface area (Å²) in [4.78, 5) is 11.1. The lowest BCUT2D eigenvalue weighted by molar-refractivity contribution is -0.142. The van der Waals surface area contributed by atoms with Crippen molar-refractivity contribution in [2.75, 3.05) is 13.2 Å². The molecule has 0 fully saturated rings. The van der Waals surface area contributed by atoms with Crippen LogP contribution in [0.4, 0.5) is 4.39 Å². The van der Waals surface area contributed by atoms with Crippen LogP contribution in [-0.2, 0) is 9.53 Å². The molecule has 1 rings (SSSR count). The number of halogens is 1. The van der Waals surface area contributed by atoms with Gasteiger partial charge in [0.15, 0.2) is 0 Å². The third kappa shape index (κ3) is 3.98.